The van der Waals surface area contributed by atoms with E-state index in [2.05, 4.69) is 9.80 Å². The highest BCUT2D eigenvalue weighted by atomic mass is 35.5. The van der Waals surface area contributed by atoms with E-state index in [1.54, 1.807) is 64.8 Å². The van der Waals surface area contributed by atoms with Gasteiger partial charge in [-0.3, -0.25) is 0 Å². The van der Waals surface area contributed by atoms with E-state index < -0.39 is 20.0 Å². The van der Waals surface area contributed by atoms with Gasteiger partial charge in [-0.1, -0.05) is 35.3 Å². The summed E-state index contributed by atoms with van der Waals surface area (Å²) in [6.45, 7) is 3.77. The average Bonchev–Trinajstić information content (AvgIpc) is 4.01. The van der Waals surface area contributed by atoms with E-state index in [0.717, 1.165) is 44.3 Å². The van der Waals surface area contributed by atoms with Gasteiger partial charge in [0.05, 0.1) is 49.6 Å². The van der Waals surface area contributed by atoms with Crippen LogP contribution in [0.4, 0.5) is 10.3 Å². The second-order valence-corrected chi connectivity index (χ2v) is 20.3. The SMILES string of the molecule is COc1ccc(-c2csc(N3CCN(S(=O)(=O)c4cccc(Cl)c4)CC3)n2)c(OC)c1.COc1ccc(OC)c(-c2csc(N3CCN(S(=O)(=O)c4cccc(Cl)c4)CC3)n2)c1. The highest BCUT2D eigenvalue weighted by molar-refractivity contribution is 7.89. The number of halogens is 2. The number of aromatic nitrogens is 2. The number of rotatable bonds is 12. The van der Waals surface area contributed by atoms with Crippen molar-refractivity contribution in [3.05, 3.63) is 106 Å². The maximum atomic E-state index is 12.9. The molecule has 14 nitrogen and oxygen atoms in total. The van der Waals surface area contributed by atoms with Crippen LogP contribution in [-0.2, 0) is 20.0 Å². The second kappa shape index (κ2) is 19.8. The Morgan fingerprint density at radius 3 is 1.42 bits per heavy atom. The van der Waals surface area contributed by atoms with Crippen LogP contribution in [0.1, 0.15) is 0 Å². The number of piperazine rings is 2. The third-order valence-electron chi connectivity index (χ3n) is 10.2. The molecule has 62 heavy (non-hydrogen) atoms. The summed E-state index contributed by atoms with van der Waals surface area (Å²) < 4.78 is 76.2. The third kappa shape index (κ3) is 10.1. The van der Waals surface area contributed by atoms with Crippen molar-refractivity contribution >= 4 is 76.2 Å². The van der Waals surface area contributed by atoms with Gasteiger partial charge in [-0.2, -0.15) is 8.61 Å². The Morgan fingerprint density at radius 2 is 0.968 bits per heavy atom. The summed E-state index contributed by atoms with van der Waals surface area (Å²) in [6.07, 6.45) is 0. The summed E-state index contributed by atoms with van der Waals surface area (Å²) in [7, 11) is -0.664. The highest BCUT2D eigenvalue weighted by Gasteiger charge is 2.31. The van der Waals surface area contributed by atoms with Crippen LogP contribution in [0.3, 0.4) is 0 Å². The van der Waals surface area contributed by atoms with Crippen LogP contribution >= 0.6 is 45.9 Å². The minimum Gasteiger partial charge on any atom is -0.497 e. The molecule has 328 valence electrons. The molecule has 2 fully saturated rings. The molecule has 0 saturated carbocycles. The first-order valence-electron chi connectivity index (χ1n) is 19.2. The zero-order valence-corrected chi connectivity index (χ0v) is 39.0. The Kier molecular flexibility index (Phi) is 14.5. The molecular weight excluding hydrogens is 916 g/mol. The van der Waals surface area contributed by atoms with Gasteiger partial charge in [0, 0.05) is 90.4 Å². The molecule has 2 saturated heterocycles. The number of thiazole rings is 2. The van der Waals surface area contributed by atoms with Gasteiger partial charge < -0.3 is 28.7 Å². The number of hydrogen-bond donors (Lipinski definition) is 0. The van der Waals surface area contributed by atoms with Gasteiger partial charge in [0.25, 0.3) is 0 Å². The molecule has 2 aromatic heterocycles. The lowest BCUT2D eigenvalue weighted by Gasteiger charge is -2.33. The van der Waals surface area contributed by atoms with Gasteiger partial charge in [-0.15, -0.1) is 22.7 Å². The van der Waals surface area contributed by atoms with Crippen molar-refractivity contribution in [2.24, 2.45) is 0 Å². The minimum atomic E-state index is -3.57. The van der Waals surface area contributed by atoms with Crippen LogP contribution in [-0.4, -0.2) is 116 Å². The fraction of sp³-hybridized carbons (Fsp3) is 0.286. The van der Waals surface area contributed by atoms with E-state index in [0.29, 0.717) is 73.9 Å². The minimum absolute atomic E-state index is 0.218. The summed E-state index contributed by atoms with van der Waals surface area (Å²) in [5, 5.41) is 6.47. The first-order valence-corrected chi connectivity index (χ1v) is 24.6. The average molecular weight is 960 g/mol. The van der Waals surface area contributed by atoms with Gasteiger partial charge in [0.1, 0.15) is 23.0 Å². The lowest BCUT2D eigenvalue weighted by molar-refractivity contribution is 0.384. The van der Waals surface area contributed by atoms with Gasteiger partial charge in [-0.05, 0) is 66.7 Å². The summed E-state index contributed by atoms with van der Waals surface area (Å²) in [5.74, 6) is 2.85. The van der Waals surface area contributed by atoms with Crippen LogP contribution in [0.5, 0.6) is 23.0 Å². The van der Waals surface area contributed by atoms with E-state index in [1.807, 2.05) is 47.2 Å². The lowest BCUT2D eigenvalue weighted by atomic mass is 10.1. The molecule has 0 unspecified atom stereocenters. The van der Waals surface area contributed by atoms with Crippen LogP contribution in [0, 0.1) is 0 Å². The number of ether oxygens (including phenoxy) is 4. The Labute approximate surface area is 379 Å². The fourth-order valence-corrected chi connectivity index (χ4v) is 12.1. The molecule has 0 amide bonds. The maximum absolute atomic E-state index is 12.9. The molecule has 2 aliphatic rings. The molecule has 6 aromatic rings. The molecule has 4 heterocycles. The van der Waals surface area contributed by atoms with Crippen molar-refractivity contribution in [1.82, 2.24) is 18.6 Å². The number of benzene rings is 4. The quantitative estimate of drug-likeness (QED) is 0.117. The zero-order valence-electron chi connectivity index (χ0n) is 34.2. The van der Waals surface area contributed by atoms with Crippen LogP contribution in [0.15, 0.2) is 105 Å². The molecule has 0 aliphatic carbocycles. The highest BCUT2D eigenvalue weighted by Crippen LogP contribution is 2.38. The van der Waals surface area contributed by atoms with Crippen molar-refractivity contribution in [1.29, 1.82) is 0 Å². The topological polar surface area (TPSA) is 144 Å². The fourth-order valence-electron chi connectivity index (χ4n) is 6.88. The van der Waals surface area contributed by atoms with E-state index in [9.17, 15) is 16.8 Å². The van der Waals surface area contributed by atoms with Gasteiger partial charge >= 0.3 is 0 Å². The number of sulfonamides is 2. The molecular formula is C42H44Cl2N6O8S4. The molecule has 0 spiro atoms. The predicted molar refractivity (Wildman–Crippen MR) is 246 cm³/mol. The molecule has 0 atom stereocenters. The van der Waals surface area contributed by atoms with E-state index >= 15 is 0 Å². The first kappa shape index (κ1) is 45.4. The van der Waals surface area contributed by atoms with Gasteiger partial charge in [0.2, 0.25) is 20.0 Å². The molecule has 0 N–H and O–H groups in total. The molecule has 0 bridgehead atoms. The van der Waals surface area contributed by atoms with Crippen molar-refractivity contribution in [2.75, 3.05) is 90.6 Å². The summed E-state index contributed by atoms with van der Waals surface area (Å²) in [5.41, 5.74) is 3.35. The van der Waals surface area contributed by atoms with E-state index in [1.165, 1.54) is 43.4 Å². The van der Waals surface area contributed by atoms with E-state index in [4.69, 9.17) is 52.1 Å². The zero-order chi connectivity index (χ0) is 44.0. The van der Waals surface area contributed by atoms with Crippen LogP contribution < -0.4 is 28.7 Å². The Balaban J connectivity index is 0.000000186. The van der Waals surface area contributed by atoms with Crippen LogP contribution in [0.25, 0.3) is 22.5 Å². The number of methoxy groups -OCH3 is 4. The van der Waals surface area contributed by atoms with Crippen molar-refractivity contribution in [3.63, 3.8) is 0 Å². The van der Waals surface area contributed by atoms with Gasteiger partial charge in [-0.25, -0.2) is 26.8 Å². The smallest absolute Gasteiger partial charge is 0.243 e. The van der Waals surface area contributed by atoms with Gasteiger partial charge in [0.15, 0.2) is 10.3 Å². The largest absolute Gasteiger partial charge is 0.497 e. The normalized spacial score (nSPS) is 15.1. The van der Waals surface area contributed by atoms with Crippen molar-refractivity contribution in [2.45, 2.75) is 9.79 Å². The number of nitrogens with zero attached hydrogens (tertiary/aromatic N) is 6. The monoisotopic (exact) mass is 958 g/mol. The van der Waals surface area contributed by atoms with Crippen LogP contribution in [0.2, 0.25) is 10.0 Å². The van der Waals surface area contributed by atoms with Crippen molar-refractivity contribution < 1.29 is 35.8 Å². The van der Waals surface area contributed by atoms with E-state index in [-0.39, 0.29) is 9.79 Å². The predicted octanol–water partition coefficient (Wildman–Crippen LogP) is 7.98. The number of anilines is 2. The first-order chi connectivity index (χ1) is 29.8. The van der Waals surface area contributed by atoms with Crippen molar-refractivity contribution in [3.8, 4) is 45.5 Å². The Morgan fingerprint density at radius 1 is 0.516 bits per heavy atom. The summed E-state index contributed by atoms with van der Waals surface area (Å²) in [6, 6.07) is 23.9. The second-order valence-electron chi connectivity index (χ2n) is 13.9. The summed E-state index contributed by atoms with van der Waals surface area (Å²) >= 11 is 15.0. The molecule has 20 heteroatoms. The standard InChI is InChI=1S/2C21H22ClN3O4S2/c1-28-16-6-7-20(29-2)18(13-16)19-14-30-21(23-19)24-8-10-25(11-9-24)31(26,27)17-5-3-4-15(22)12-17;1-28-16-6-7-18(20(13-16)29-2)19-14-30-21(23-19)24-8-10-25(11-9-24)31(26,27)17-5-3-4-15(22)12-17/h2*3-7,12-14H,8-11H2,1-2H3. The molecule has 4 aromatic carbocycles. The Hall–Kier alpha value is -4.66. The molecule has 0 radical (unpaired) electrons. The lowest BCUT2D eigenvalue weighted by Crippen LogP contribution is -2.48. The number of hydrogen-bond acceptors (Lipinski definition) is 14. The maximum Gasteiger partial charge on any atom is 0.243 e. The third-order valence-corrected chi connectivity index (χ3v) is 16.3. The summed E-state index contributed by atoms with van der Waals surface area (Å²) in [4.78, 5) is 14.2. The Bertz CT molecular complexity index is 2720. The molecule has 8 rings (SSSR count). The molecule has 2 aliphatic heterocycles.